The summed E-state index contributed by atoms with van der Waals surface area (Å²) < 4.78 is 1.08. The van der Waals surface area contributed by atoms with Gasteiger partial charge in [0.2, 0.25) is 11.8 Å². The van der Waals surface area contributed by atoms with E-state index < -0.39 is 5.41 Å². The fourth-order valence-corrected chi connectivity index (χ4v) is 6.17. The molecule has 0 aromatic heterocycles. The Bertz CT molecular complexity index is 1140. The lowest BCUT2D eigenvalue weighted by Gasteiger charge is -2.50. The molecule has 0 radical (unpaired) electrons. The number of benzene rings is 3. The van der Waals surface area contributed by atoms with Crippen LogP contribution in [0.25, 0.3) is 0 Å². The first-order chi connectivity index (χ1) is 14.1. The van der Waals surface area contributed by atoms with Crippen molar-refractivity contribution >= 4 is 40.1 Å². The Morgan fingerprint density at radius 1 is 0.793 bits per heavy atom. The molecule has 1 saturated heterocycles. The minimum absolute atomic E-state index is 0.0392. The van der Waals surface area contributed by atoms with Crippen molar-refractivity contribution in [3.8, 4) is 0 Å². The molecular formula is C25H18INO2. The Hall–Kier alpha value is -2.47. The van der Waals surface area contributed by atoms with Crippen LogP contribution in [0.5, 0.6) is 0 Å². The third-order valence-corrected chi connectivity index (χ3v) is 7.63. The Kier molecular flexibility index (Phi) is 3.61. The van der Waals surface area contributed by atoms with Crippen LogP contribution in [-0.2, 0) is 9.59 Å². The third-order valence-electron chi connectivity index (χ3n) is 6.92. The van der Waals surface area contributed by atoms with Crippen LogP contribution < -0.4 is 4.90 Å². The van der Waals surface area contributed by atoms with Gasteiger partial charge in [-0.15, -0.1) is 0 Å². The van der Waals surface area contributed by atoms with Crippen LogP contribution in [0.1, 0.15) is 46.9 Å². The molecular weight excluding hydrogens is 473 g/mol. The van der Waals surface area contributed by atoms with E-state index in [1.807, 2.05) is 36.4 Å². The molecule has 2 amide bonds. The molecule has 1 aliphatic heterocycles. The summed E-state index contributed by atoms with van der Waals surface area (Å²) in [7, 11) is 0. The zero-order valence-corrected chi connectivity index (χ0v) is 17.8. The SMILES string of the molecule is O=C1C[C@@]2(CC3c4ccccc4C2c2ccccc23)C(=O)N1c1ccc(I)cc1. The van der Waals surface area contributed by atoms with Gasteiger partial charge in [-0.3, -0.25) is 14.5 Å². The van der Waals surface area contributed by atoms with E-state index in [9.17, 15) is 9.59 Å². The van der Waals surface area contributed by atoms with Gasteiger partial charge in [-0.1, -0.05) is 48.5 Å². The highest BCUT2D eigenvalue weighted by molar-refractivity contribution is 14.1. The number of halogens is 1. The lowest BCUT2D eigenvalue weighted by atomic mass is 9.51. The summed E-state index contributed by atoms with van der Waals surface area (Å²) in [6, 6.07) is 24.6. The highest BCUT2D eigenvalue weighted by Crippen LogP contribution is 2.64. The van der Waals surface area contributed by atoms with E-state index in [4.69, 9.17) is 0 Å². The van der Waals surface area contributed by atoms with Gasteiger partial charge in [0, 0.05) is 21.8 Å². The molecule has 0 unspecified atom stereocenters. The summed E-state index contributed by atoms with van der Waals surface area (Å²) in [5.74, 6) is -0.0209. The van der Waals surface area contributed by atoms with Crippen molar-refractivity contribution in [2.24, 2.45) is 5.41 Å². The molecule has 0 N–H and O–H groups in total. The van der Waals surface area contributed by atoms with Crippen molar-refractivity contribution in [2.45, 2.75) is 24.7 Å². The van der Waals surface area contributed by atoms with Crippen molar-refractivity contribution in [1.29, 1.82) is 0 Å². The van der Waals surface area contributed by atoms with E-state index in [0.29, 0.717) is 12.1 Å². The minimum atomic E-state index is -0.687. The molecule has 142 valence electrons. The molecule has 3 aliphatic carbocycles. The van der Waals surface area contributed by atoms with Gasteiger partial charge in [-0.2, -0.15) is 0 Å². The Labute approximate surface area is 182 Å². The third kappa shape index (κ3) is 2.23. The molecule has 4 aliphatic rings. The number of anilines is 1. The number of rotatable bonds is 1. The highest BCUT2D eigenvalue weighted by atomic mass is 127. The van der Waals surface area contributed by atoms with Crippen molar-refractivity contribution in [1.82, 2.24) is 0 Å². The first-order valence-electron chi connectivity index (χ1n) is 9.91. The fraction of sp³-hybridized carbons (Fsp3) is 0.200. The van der Waals surface area contributed by atoms with Crippen molar-refractivity contribution in [3.05, 3.63) is 98.6 Å². The topological polar surface area (TPSA) is 37.4 Å². The van der Waals surface area contributed by atoms with Crippen LogP contribution >= 0.6 is 22.6 Å². The van der Waals surface area contributed by atoms with E-state index in [1.54, 1.807) is 0 Å². The van der Waals surface area contributed by atoms with Gasteiger partial charge in [-0.25, -0.2) is 0 Å². The molecule has 7 rings (SSSR count). The smallest absolute Gasteiger partial charge is 0.241 e. The Balaban J connectivity index is 1.54. The maximum absolute atomic E-state index is 13.9. The largest absolute Gasteiger partial charge is 0.274 e. The molecule has 3 nitrogen and oxygen atoms in total. The summed E-state index contributed by atoms with van der Waals surface area (Å²) >= 11 is 2.23. The van der Waals surface area contributed by atoms with Gasteiger partial charge in [0.15, 0.2) is 0 Å². The molecule has 2 bridgehead atoms. The highest BCUT2D eigenvalue weighted by Gasteiger charge is 2.62. The Morgan fingerprint density at radius 3 is 1.93 bits per heavy atom. The van der Waals surface area contributed by atoms with Gasteiger partial charge < -0.3 is 0 Å². The average molecular weight is 491 g/mol. The number of nitrogens with zero attached hydrogens (tertiary/aromatic N) is 1. The number of carbonyl (C=O) groups excluding carboxylic acids is 2. The molecule has 3 aromatic rings. The van der Waals surface area contributed by atoms with Crippen LogP contribution in [0.4, 0.5) is 5.69 Å². The van der Waals surface area contributed by atoms with Crippen LogP contribution in [0, 0.1) is 8.99 Å². The second-order valence-corrected chi connectivity index (χ2v) is 9.54. The van der Waals surface area contributed by atoms with Crippen LogP contribution in [0.2, 0.25) is 0 Å². The molecule has 29 heavy (non-hydrogen) atoms. The second kappa shape index (κ2) is 6.02. The zero-order chi connectivity index (χ0) is 19.8. The average Bonchev–Trinajstić information content (AvgIpc) is 2.98. The molecule has 1 heterocycles. The van der Waals surface area contributed by atoms with Gasteiger partial charge in [0.25, 0.3) is 0 Å². The first kappa shape index (κ1) is 17.4. The van der Waals surface area contributed by atoms with Crippen LogP contribution in [-0.4, -0.2) is 11.8 Å². The van der Waals surface area contributed by atoms with Gasteiger partial charge in [0.05, 0.1) is 11.1 Å². The van der Waals surface area contributed by atoms with Crippen molar-refractivity contribution in [2.75, 3.05) is 4.90 Å². The number of amides is 2. The summed E-state index contributed by atoms with van der Waals surface area (Å²) in [5, 5.41) is 0. The van der Waals surface area contributed by atoms with E-state index in [-0.39, 0.29) is 30.1 Å². The summed E-state index contributed by atoms with van der Waals surface area (Å²) in [6.45, 7) is 0. The van der Waals surface area contributed by atoms with Crippen molar-refractivity contribution < 1.29 is 9.59 Å². The lowest BCUT2D eigenvalue weighted by molar-refractivity contribution is -0.127. The normalized spacial score (nSPS) is 26.7. The Morgan fingerprint density at radius 2 is 1.34 bits per heavy atom. The number of carbonyl (C=O) groups is 2. The van der Waals surface area contributed by atoms with E-state index in [2.05, 4.69) is 59.0 Å². The fourth-order valence-electron chi connectivity index (χ4n) is 5.81. The van der Waals surface area contributed by atoms with Crippen LogP contribution in [0.3, 0.4) is 0 Å². The summed E-state index contributed by atoms with van der Waals surface area (Å²) in [5.41, 5.74) is 5.05. The predicted molar refractivity (Wildman–Crippen MR) is 120 cm³/mol. The quantitative estimate of drug-likeness (QED) is 0.346. The first-order valence-corrected chi connectivity index (χ1v) is 11.0. The molecule has 1 atom stereocenters. The monoisotopic (exact) mass is 491 g/mol. The predicted octanol–water partition coefficient (Wildman–Crippen LogP) is 5.22. The standard InChI is InChI=1S/C25H18INO2/c26-15-9-11-16(12-10-15)27-22(28)14-25(24(27)29)13-21-17-5-1-3-7-19(17)23(25)20-8-4-2-6-18(20)21/h1-12,21,23H,13-14H2/t21?,23?,25-/m1/s1. The molecule has 1 fully saturated rings. The van der Waals surface area contributed by atoms with E-state index in [0.717, 1.165) is 3.57 Å². The van der Waals surface area contributed by atoms with Gasteiger partial charge >= 0.3 is 0 Å². The lowest BCUT2D eigenvalue weighted by Crippen LogP contribution is -2.47. The molecule has 4 heteroatoms. The second-order valence-electron chi connectivity index (χ2n) is 8.29. The van der Waals surface area contributed by atoms with Crippen LogP contribution in [0.15, 0.2) is 72.8 Å². The molecule has 1 spiro atoms. The molecule has 0 saturated carbocycles. The van der Waals surface area contributed by atoms with Gasteiger partial charge in [-0.05, 0) is 75.5 Å². The van der Waals surface area contributed by atoms with E-state index >= 15 is 0 Å². The molecule has 3 aromatic carbocycles. The minimum Gasteiger partial charge on any atom is -0.274 e. The van der Waals surface area contributed by atoms with Gasteiger partial charge in [0.1, 0.15) is 0 Å². The summed E-state index contributed by atoms with van der Waals surface area (Å²) in [4.78, 5) is 28.5. The maximum Gasteiger partial charge on any atom is 0.241 e. The summed E-state index contributed by atoms with van der Waals surface area (Å²) in [6.07, 6.45) is 0.985. The number of imide groups is 1. The maximum atomic E-state index is 13.9. The van der Waals surface area contributed by atoms with Crippen molar-refractivity contribution in [3.63, 3.8) is 0 Å². The number of hydrogen-bond donors (Lipinski definition) is 0. The zero-order valence-electron chi connectivity index (χ0n) is 15.6. The number of hydrogen-bond acceptors (Lipinski definition) is 2. The van der Waals surface area contributed by atoms with E-state index in [1.165, 1.54) is 27.2 Å².